The third kappa shape index (κ3) is 5.92. The molecule has 2 fully saturated rings. The molecule has 178 valence electrons. The minimum Gasteiger partial charge on any atom is -0.379 e. The summed E-state index contributed by atoms with van der Waals surface area (Å²) >= 11 is 1.08. The van der Waals surface area contributed by atoms with E-state index in [1.807, 2.05) is 4.90 Å². The van der Waals surface area contributed by atoms with E-state index in [-0.39, 0.29) is 35.2 Å². The van der Waals surface area contributed by atoms with Gasteiger partial charge in [0, 0.05) is 38.4 Å². The van der Waals surface area contributed by atoms with Crippen molar-refractivity contribution in [1.82, 2.24) is 14.3 Å². The van der Waals surface area contributed by atoms with Crippen LogP contribution in [0.4, 0.5) is 11.4 Å². The second kappa shape index (κ2) is 10.7. The number of morpholine rings is 2. The first-order valence-electron chi connectivity index (χ1n) is 10.5. The van der Waals surface area contributed by atoms with E-state index < -0.39 is 10.0 Å². The highest BCUT2D eigenvalue weighted by molar-refractivity contribution is 7.99. The number of aromatic nitrogens is 2. The number of rotatable bonds is 7. The van der Waals surface area contributed by atoms with Gasteiger partial charge in [0.25, 0.3) is 5.56 Å². The molecule has 0 spiro atoms. The van der Waals surface area contributed by atoms with Gasteiger partial charge in [-0.25, -0.2) is 13.4 Å². The quantitative estimate of drug-likeness (QED) is 0.412. The molecule has 4 rings (SSSR count). The lowest BCUT2D eigenvalue weighted by molar-refractivity contribution is -0.113. The van der Waals surface area contributed by atoms with Crippen molar-refractivity contribution < 1.29 is 22.7 Å². The van der Waals surface area contributed by atoms with Crippen LogP contribution in [0.15, 0.2) is 45.3 Å². The zero-order chi connectivity index (χ0) is 23.3. The van der Waals surface area contributed by atoms with Crippen LogP contribution in [-0.2, 0) is 24.3 Å². The monoisotopic (exact) mass is 495 g/mol. The standard InChI is InChI=1S/C20H25N5O6S2/c26-18-3-4-21-20(23-18)32-14-19(27)22-16-13-15(33(28,29)25-7-11-31-12-8-25)1-2-17(16)24-5-9-30-10-6-24/h1-4,13H,5-12,14H2,(H,22,27)(H,21,23,26). The molecule has 0 aliphatic carbocycles. The van der Waals surface area contributed by atoms with Crippen molar-refractivity contribution in [1.29, 1.82) is 0 Å². The number of thioether (sulfide) groups is 1. The SMILES string of the molecule is O=C(CSc1nccc(=O)[nH]1)Nc1cc(S(=O)(=O)N2CCOCC2)ccc1N1CCOCC1. The number of amides is 1. The summed E-state index contributed by atoms with van der Waals surface area (Å²) in [5.74, 6) is -0.349. The Morgan fingerprint density at radius 2 is 1.79 bits per heavy atom. The number of hydrogen-bond acceptors (Lipinski definition) is 9. The smallest absolute Gasteiger partial charge is 0.251 e. The van der Waals surface area contributed by atoms with Gasteiger partial charge in [-0.3, -0.25) is 9.59 Å². The molecule has 2 aromatic rings. The third-order valence-corrected chi connectivity index (χ3v) is 7.97. The van der Waals surface area contributed by atoms with E-state index in [9.17, 15) is 18.0 Å². The lowest BCUT2D eigenvalue weighted by Gasteiger charge is -2.31. The zero-order valence-corrected chi connectivity index (χ0v) is 19.5. The number of aromatic amines is 1. The van der Waals surface area contributed by atoms with Gasteiger partial charge in [-0.1, -0.05) is 11.8 Å². The van der Waals surface area contributed by atoms with E-state index in [2.05, 4.69) is 15.3 Å². The van der Waals surface area contributed by atoms with E-state index in [0.29, 0.717) is 50.4 Å². The first-order chi connectivity index (χ1) is 15.9. The minimum atomic E-state index is -3.72. The van der Waals surface area contributed by atoms with Crippen molar-refractivity contribution in [2.24, 2.45) is 0 Å². The molecule has 1 amide bonds. The number of nitrogens with zero attached hydrogens (tertiary/aromatic N) is 3. The predicted molar refractivity (Wildman–Crippen MR) is 123 cm³/mol. The van der Waals surface area contributed by atoms with Crippen LogP contribution < -0.4 is 15.8 Å². The van der Waals surface area contributed by atoms with Gasteiger partial charge in [-0.2, -0.15) is 4.31 Å². The molecule has 2 aliphatic rings. The Bertz CT molecular complexity index is 1140. The molecule has 0 bridgehead atoms. The van der Waals surface area contributed by atoms with Gasteiger partial charge in [0.05, 0.1) is 48.5 Å². The molecule has 2 aliphatic heterocycles. The maximum absolute atomic E-state index is 13.1. The van der Waals surface area contributed by atoms with Crippen molar-refractivity contribution in [3.05, 3.63) is 40.8 Å². The summed E-state index contributed by atoms with van der Waals surface area (Å²) in [6.07, 6.45) is 1.37. The largest absolute Gasteiger partial charge is 0.379 e. The van der Waals surface area contributed by atoms with Gasteiger partial charge in [0.15, 0.2) is 5.16 Å². The van der Waals surface area contributed by atoms with E-state index >= 15 is 0 Å². The van der Waals surface area contributed by atoms with Crippen LogP contribution in [0.25, 0.3) is 0 Å². The molecule has 3 heterocycles. The van der Waals surface area contributed by atoms with Crippen LogP contribution in [0.1, 0.15) is 0 Å². The van der Waals surface area contributed by atoms with E-state index in [1.165, 1.54) is 22.6 Å². The average Bonchev–Trinajstić information content (AvgIpc) is 2.84. The molecular formula is C20H25N5O6S2. The van der Waals surface area contributed by atoms with Gasteiger partial charge >= 0.3 is 0 Å². The lowest BCUT2D eigenvalue weighted by atomic mass is 10.2. The Balaban J connectivity index is 1.56. The summed E-state index contributed by atoms with van der Waals surface area (Å²) < 4.78 is 38.3. The average molecular weight is 496 g/mol. The fourth-order valence-electron chi connectivity index (χ4n) is 3.54. The molecule has 2 N–H and O–H groups in total. The van der Waals surface area contributed by atoms with Crippen molar-refractivity contribution in [2.75, 3.05) is 68.6 Å². The number of sulfonamides is 1. The van der Waals surface area contributed by atoms with Gasteiger partial charge in [0.2, 0.25) is 15.9 Å². The predicted octanol–water partition coefficient (Wildman–Crippen LogP) is 0.358. The summed E-state index contributed by atoms with van der Waals surface area (Å²) in [5.41, 5.74) is 0.832. The van der Waals surface area contributed by atoms with Gasteiger partial charge in [0.1, 0.15) is 0 Å². The van der Waals surface area contributed by atoms with Gasteiger partial charge in [-0.05, 0) is 18.2 Å². The molecule has 0 atom stereocenters. The Hall–Kier alpha value is -2.45. The van der Waals surface area contributed by atoms with Crippen molar-refractivity contribution in [3.8, 4) is 0 Å². The maximum atomic E-state index is 13.1. The number of ether oxygens (including phenoxy) is 2. The summed E-state index contributed by atoms with van der Waals surface area (Å²) in [7, 11) is -3.72. The summed E-state index contributed by atoms with van der Waals surface area (Å²) in [6.45, 7) is 3.62. The van der Waals surface area contributed by atoms with Crippen LogP contribution in [0.3, 0.4) is 0 Å². The first kappa shape index (κ1) is 23.7. The zero-order valence-electron chi connectivity index (χ0n) is 17.9. The summed E-state index contributed by atoms with van der Waals surface area (Å²) in [4.78, 5) is 32.8. The first-order valence-corrected chi connectivity index (χ1v) is 12.9. The molecule has 1 aromatic carbocycles. The van der Waals surface area contributed by atoms with E-state index in [1.54, 1.807) is 12.1 Å². The highest BCUT2D eigenvalue weighted by Crippen LogP contribution is 2.31. The number of nitrogens with one attached hydrogen (secondary N) is 2. The Morgan fingerprint density at radius 1 is 1.09 bits per heavy atom. The number of H-pyrrole nitrogens is 1. The van der Waals surface area contributed by atoms with Crippen LogP contribution in [-0.4, -0.2) is 87.0 Å². The Labute approximate surface area is 195 Å². The molecule has 0 radical (unpaired) electrons. The Kier molecular flexibility index (Phi) is 7.65. The topological polar surface area (TPSA) is 134 Å². The van der Waals surface area contributed by atoms with E-state index in [4.69, 9.17) is 9.47 Å². The maximum Gasteiger partial charge on any atom is 0.251 e. The number of carbonyl (C=O) groups is 1. The molecule has 11 nitrogen and oxygen atoms in total. The van der Waals surface area contributed by atoms with Crippen LogP contribution >= 0.6 is 11.8 Å². The molecule has 1 aromatic heterocycles. The molecule has 33 heavy (non-hydrogen) atoms. The summed E-state index contributed by atoms with van der Waals surface area (Å²) in [5, 5.41) is 3.17. The van der Waals surface area contributed by atoms with Gasteiger partial charge in [-0.15, -0.1) is 0 Å². The lowest BCUT2D eigenvalue weighted by Crippen LogP contribution is -2.40. The molecule has 2 saturated heterocycles. The molecule has 13 heteroatoms. The molecule has 0 unspecified atom stereocenters. The van der Waals surface area contributed by atoms with Crippen LogP contribution in [0.5, 0.6) is 0 Å². The number of carbonyl (C=O) groups excluding carboxylic acids is 1. The second-order valence-corrected chi connectivity index (χ2v) is 10.3. The fraction of sp³-hybridized carbons (Fsp3) is 0.450. The number of anilines is 2. The third-order valence-electron chi connectivity index (χ3n) is 5.19. The van der Waals surface area contributed by atoms with Crippen LogP contribution in [0, 0.1) is 0 Å². The molecular weight excluding hydrogens is 470 g/mol. The highest BCUT2D eigenvalue weighted by atomic mass is 32.2. The highest BCUT2D eigenvalue weighted by Gasteiger charge is 2.28. The van der Waals surface area contributed by atoms with Crippen molar-refractivity contribution >= 4 is 39.1 Å². The fourth-order valence-corrected chi connectivity index (χ4v) is 5.62. The Morgan fingerprint density at radius 3 is 2.48 bits per heavy atom. The number of hydrogen-bond donors (Lipinski definition) is 2. The molecule has 0 saturated carbocycles. The van der Waals surface area contributed by atoms with Crippen LogP contribution in [0.2, 0.25) is 0 Å². The number of benzene rings is 1. The van der Waals surface area contributed by atoms with Crippen molar-refractivity contribution in [2.45, 2.75) is 10.1 Å². The van der Waals surface area contributed by atoms with E-state index in [0.717, 1.165) is 17.4 Å². The normalized spacial score (nSPS) is 17.6. The second-order valence-electron chi connectivity index (χ2n) is 7.37. The minimum absolute atomic E-state index is 0.00402. The van der Waals surface area contributed by atoms with Gasteiger partial charge < -0.3 is 24.7 Å². The summed E-state index contributed by atoms with van der Waals surface area (Å²) in [6, 6.07) is 6.08. The van der Waals surface area contributed by atoms with Crippen molar-refractivity contribution in [3.63, 3.8) is 0 Å².